The standard InChI is InChI=1S/C23H26N2O2/c1-26-22-13-10-19(11-14-22)23-24-20(17-27-23)16-25-15-5-8-21(25)12-9-18-6-3-2-4-7-18/h2-4,6-7,10-11,13-14,17,21H,5,8-9,12,15-16H2,1H3. The second-order valence-electron chi connectivity index (χ2n) is 7.16. The molecule has 3 aromatic rings. The number of hydrogen-bond donors (Lipinski definition) is 0. The highest BCUT2D eigenvalue weighted by molar-refractivity contribution is 5.54. The Morgan fingerprint density at radius 2 is 1.93 bits per heavy atom. The number of likely N-dealkylation sites (tertiary alicyclic amines) is 1. The maximum atomic E-state index is 5.72. The molecule has 1 aliphatic rings. The van der Waals surface area contributed by atoms with Gasteiger partial charge in [0.2, 0.25) is 5.89 Å². The molecule has 4 nitrogen and oxygen atoms in total. The normalized spacial score (nSPS) is 17.3. The largest absolute Gasteiger partial charge is 0.497 e. The first-order valence-electron chi connectivity index (χ1n) is 9.68. The summed E-state index contributed by atoms with van der Waals surface area (Å²) in [6.07, 6.45) is 6.68. The van der Waals surface area contributed by atoms with E-state index in [0.29, 0.717) is 11.9 Å². The van der Waals surface area contributed by atoms with Crippen LogP contribution in [0.5, 0.6) is 5.75 Å². The summed E-state index contributed by atoms with van der Waals surface area (Å²) in [4.78, 5) is 7.26. The van der Waals surface area contributed by atoms with Crippen LogP contribution in [-0.2, 0) is 13.0 Å². The summed E-state index contributed by atoms with van der Waals surface area (Å²) in [5.41, 5.74) is 3.41. The van der Waals surface area contributed by atoms with Crippen molar-refractivity contribution in [2.45, 2.75) is 38.3 Å². The molecule has 27 heavy (non-hydrogen) atoms. The maximum absolute atomic E-state index is 5.72. The zero-order chi connectivity index (χ0) is 18.5. The monoisotopic (exact) mass is 362 g/mol. The minimum absolute atomic E-state index is 0.631. The van der Waals surface area contributed by atoms with E-state index in [9.17, 15) is 0 Å². The van der Waals surface area contributed by atoms with E-state index in [0.717, 1.165) is 36.5 Å². The Balaban J connectivity index is 1.37. The summed E-state index contributed by atoms with van der Waals surface area (Å²) in [5, 5.41) is 0. The molecule has 0 radical (unpaired) electrons. The molecule has 0 spiro atoms. The first kappa shape index (κ1) is 17.8. The molecule has 1 saturated heterocycles. The van der Waals surface area contributed by atoms with E-state index in [-0.39, 0.29) is 0 Å². The van der Waals surface area contributed by atoms with Gasteiger partial charge < -0.3 is 9.15 Å². The van der Waals surface area contributed by atoms with Gasteiger partial charge >= 0.3 is 0 Å². The Bertz CT molecular complexity index is 842. The van der Waals surface area contributed by atoms with Crippen LogP contribution in [0.15, 0.2) is 65.3 Å². The number of nitrogens with zero attached hydrogens (tertiary/aromatic N) is 2. The minimum Gasteiger partial charge on any atom is -0.497 e. The summed E-state index contributed by atoms with van der Waals surface area (Å²) in [5.74, 6) is 1.51. The van der Waals surface area contributed by atoms with E-state index in [2.05, 4.69) is 35.2 Å². The summed E-state index contributed by atoms with van der Waals surface area (Å²) in [6, 6.07) is 19.2. The van der Waals surface area contributed by atoms with Crippen molar-refractivity contribution in [3.05, 3.63) is 72.1 Å². The van der Waals surface area contributed by atoms with Crippen molar-refractivity contribution in [1.82, 2.24) is 9.88 Å². The molecule has 0 aliphatic carbocycles. The molecule has 140 valence electrons. The maximum Gasteiger partial charge on any atom is 0.226 e. The number of methoxy groups -OCH3 is 1. The number of aryl methyl sites for hydroxylation is 1. The van der Waals surface area contributed by atoms with Crippen LogP contribution in [0.4, 0.5) is 0 Å². The van der Waals surface area contributed by atoms with Gasteiger partial charge in [0, 0.05) is 18.2 Å². The van der Waals surface area contributed by atoms with Gasteiger partial charge in [0.25, 0.3) is 0 Å². The minimum atomic E-state index is 0.631. The van der Waals surface area contributed by atoms with Gasteiger partial charge in [-0.1, -0.05) is 30.3 Å². The smallest absolute Gasteiger partial charge is 0.226 e. The van der Waals surface area contributed by atoms with Gasteiger partial charge in [0.1, 0.15) is 12.0 Å². The van der Waals surface area contributed by atoms with Crippen LogP contribution in [0.3, 0.4) is 0 Å². The van der Waals surface area contributed by atoms with Gasteiger partial charge in [0.05, 0.1) is 12.8 Å². The lowest BCUT2D eigenvalue weighted by Gasteiger charge is -2.23. The highest BCUT2D eigenvalue weighted by atomic mass is 16.5. The second-order valence-corrected chi connectivity index (χ2v) is 7.16. The Labute approximate surface area is 160 Å². The van der Waals surface area contributed by atoms with Crippen molar-refractivity contribution in [2.24, 2.45) is 0 Å². The molecule has 0 N–H and O–H groups in total. The molecule has 0 bridgehead atoms. The van der Waals surface area contributed by atoms with E-state index in [4.69, 9.17) is 14.1 Å². The molecule has 1 unspecified atom stereocenters. The fraction of sp³-hybridized carbons (Fsp3) is 0.348. The van der Waals surface area contributed by atoms with Crippen LogP contribution in [-0.4, -0.2) is 29.6 Å². The van der Waals surface area contributed by atoms with Crippen LogP contribution in [0.2, 0.25) is 0 Å². The first-order chi connectivity index (χ1) is 13.3. The van der Waals surface area contributed by atoms with Crippen LogP contribution < -0.4 is 4.74 Å². The highest BCUT2D eigenvalue weighted by Crippen LogP contribution is 2.26. The van der Waals surface area contributed by atoms with Crippen LogP contribution in [0.1, 0.15) is 30.5 Å². The third-order valence-electron chi connectivity index (χ3n) is 5.36. The van der Waals surface area contributed by atoms with Gasteiger partial charge in [-0.15, -0.1) is 0 Å². The number of hydrogen-bond acceptors (Lipinski definition) is 4. The number of aromatic nitrogens is 1. The lowest BCUT2D eigenvalue weighted by Crippen LogP contribution is -2.29. The summed E-state index contributed by atoms with van der Waals surface area (Å²) >= 11 is 0. The zero-order valence-electron chi connectivity index (χ0n) is 15.8. The SMILES string of the molecule is COc1ccc(-c2nc(CN3CCCC3CCc3ccccc3)co2)cc1. The van der Waals surface area contributed by atoms with Crippen LogP contribution in [0, 0.1) is 0 Å². The molecule has 1 aromatic heterocycles. The van der Waals surface area contributed by atoms with Crippen LogP contribution >= 0.6 is 0 Å². The summed E-state index contributed by atoms with van der Waals surface area (Å²) in [6.45, 7) is 2.00. The van der Waals surface area contributed by atoms with Gasteiger partial charge in [-0.3, -0.25) is 4.90 Å². The lowest BCUT2D eigenvalue weighted by atomic mass is 10.0. The zero-order valence-corrected chi connectivity index (χ0v) is 15.8. The van der Waals surface area contributed by atoms with Gasteiger partial charge in [0.15, 0.2) is 0 Å². The predicted molar refractivity (Wildman–Crippen MR) is 107 cm³/mol. The molecule has 1 aliphatic heterocycles. The second kappa shape index (κ2) is 8.40. The van der Waals surface area contributed by atoms with Crippen molar-refractivity contribution in [3.8, 4) is 17.2 Å². The van der Waals surface area contributed by atoms with Crippen molar-refractivity contribution >= 4 is 0 Å². The highest BCUT2D eigenvalue weighted by Gasteiger charge is 2.25. The van der Waals surface area contributed by atoms with E-state index >= 15 is 0 Å². The number of ether oxygens (including phenoxy) is 1. The molecular formula is C23H26N2O2. The lowest BCUT2D eigenvalue weighted by molar-refractivity contribution is 0.232. The molecular weight excluding hydrogens is 336 g/mol. The van der Waals surface area contributed by atoms with E-state index in [1.54, 1.807) is 13.4 Å². The number of rotatable bonds is 7. The first-order valence-corrected chi connectivity index (χ1v) is 9.68. The van der Waals surface area contributed by atoms with Gasteiger partial charge in [-0.25, -0.2) is 4.98 Å². The van der Waals surface area contributed by atoms with E-state index in [1.165, 1.54) is 24.8 Å². The predicted octanol–water partition coefficient (Wildman–Crippen LogP) is 4.95. The van der Waals surface area contributed by atoms with E-state index < -0.39 is 0 Å². The van der Waals surface area contributed by atoms with Gasteiger partial charge in [-0.05, 0) is 62.1 Å². The molecule has 1 fully saturated rings. The Morgan fingerprint density at radius 3 is 2.70 bits per heavy atom. The van der Waals surface area contributed by atoms with Crippen molar-refractivity contribution in [2.75, 3.05) is 13.7 Å². The van der Waals surface area contributed by atoms with Crippen molar-refractivity contribution in [3.63, 3.8) is 0 Å². The molecule has 1 atom stereocenters. The molecule has 4 heteroatoms. The quantitative estimate of drug-likeness (QED) is 0.596. The topological polar surface area (TPSA) is 38.5 Å². The van der Waals surface area contributed by atoms with E-state index in [1.807, 2.05) is 24.3 Å². The fourth-order valence-electron chi connectivity index (χ4n) is 3.86. The Morgan fingerprint density at radius 1 is 1.11 bits per heavy atom. The molecule has 0 amide bonds. The number of oxazole rings is 1. The third kappa shape index (κ3) is 4.40. The Kier molecular flexibility index (Phi) is 5.54. The van der Waals surface area contributed by atoms with Gasteiger partial charge in [-0.2, -0.15) is 0 Å². The van der Waals surface area contributed by atoms with Crippen molar-refractivity contribution < 1.29 is 9.15 Å². The number of benzene rings is 2. The summed E-state index contributed by atoms with van der Waals surface area (Å²) in [7, 11) is 1.67. The average Bonchev–Trinajstić information content (AvgIpc) is 3.37. The molecule has 0 saturated carbocycles. The Hall–Kier alpha value is -2.59. The fourth-order valence-corrected chi connectivity index (χ4v) is 3.86. The van der Waals surface area contributed by atoms with Crippen molar-refractivity contribution in [1.29, 1.82) is 0 Å². The van der Waals surface area contributed by atoms with Crippen LogP contribution in [0.25, 0.3) is 11.5 Å². The third-order valence-corrected chi connectivity index (χ3v) is 5.36. The summed E-state index contributed by atoms with van der Waals surface area (Å²) < 4.78 is 10.9. The molecule has 2 heterocycles. The molecule has 2 aromatic carbocycles. The average molecular weight is 362 g/mol. The molecule has 4 rings (SSSR count).